The molecule has 0 amide bonds. The maximum absolute atomic E-state index is 13.8. The number of fused-ring (bicyclic) bond motifs is 3. The minimum atomic E-state index is -0.118. The van der Waals surface area contributed by atoms with Crippen LogP contribution in [0, 0.1) is 0 Å². The van der Waals surface area contributed by atoms with E-state index in [2.05, 4.69) is 41.8 Å². The number of nitrogens with zero attached hydrogens (tertiary/aromatic N) is 2. The average molecular weight is 567 g/mol. The largest absolute Gasteiger partial charge is 0.489 e. The number of aryl methyl sites for hydroxylation is 1. The van der Waals surface area contributed by atoms with Crippen LogP contribution in [-0.2, 0) is 13.0 Å². The quantitative estimate of drug-likeness (QED) is 0.240. The van der Waals surface area contributed by atoms with Crippen molar-refractivity contribution in [2.75, 3.05) is 0 Å². The van der Waals surface area contributed by atoms with Crippen LogP contribution in [-0.4, -0.2) is 4.57 Å². The molecule has 1 aliphatic carbocycles. The van der Waals surface area contributed by atoms with Crippen molar-refractivity contribution < 1.29 is 4.74 Å². The average Bonchev–Trinajstić information content (AvgIpc) is 3.61. The van der Waals surface area contributed by atoms with E-state index >= 15 is 0 Å². The highest BCUT2D eigenvalue weighted by molar-refractivity contribution is 7.10. The SMILES string of the molecule is O=c1/c(=C\c2ccc(OCc3ccccc3Cl)cc2)sc2n1[C@H](c1cccs1)C1=C(N=2)c2ccccc2CC1. The lowest BCUT2D eigenvalue weighted by Crippen LogP contribution is -2.38. The summed E-state index contributed by atoms with van der Waals surface area (Å²) in [4.78, 5) is 20.8. The van der Waals surface area contributed by atoms with Gasteiger partial charge in [-0.2, -0.15) is 0 Å². The Morgan fingerprint density at radius 1 is 0.974 bits per heavy atom. The molecule has 0 spiro atoms. The van der Waals surface area contributed by atoms with Gasteiger partial charge >= 0.3 is 0 Å². The van der Waals surface area contributed by atoms with E-state index in [4.69, 9.17) is 21.3 Å². The second kappa shape index (κ2) is 10.1. The molecule has 0 bridgehead atoms. The minimum absolute atomic E-state index is 0.00149. The van der Waals surface area contributed by atoms with Gasteiger partial charge in [-0.05, 0) is 65.3 Å². The fourth-order valence-corrected chi connectivity index (χ4v) is 7.35. The molecule has 1 atom stereocenters. The molecule has 192 valence electrons. The zero-order valence-corrected chi connectivity index (χ0v) is 23.2. The van der Waals surface area contributed by atoms with Gasteiger partial charge < -0.3 is 4.74 Å². The standard InChI is InChI=1S/C32H23ClN2O2S2/c33-26-9-4-2-7-22(26)19-37-23-14-11-20(12-15-23)18-28-31(36)35-30(27-10-5-17-38-27)25-16-13-21-6-1-3-8-24(21)29(25)34-32(35)39-28/h1-12,14-15,17-18,30H,13,16,19H2/b28-18+/t30-/m0/s1. The zero-order valence-electron chi connectivity index (χ0n) is 20.8. The molecule has 5 aromatic rings. The summed E-state index contributed by atoms with van der Waals surface area (Å²) < 4.78 is 8.50. The van der Waals surface area contributed by atoms with Crippen LogP contribution in [0.3, 0.4) is 0 Å². The zero-order chi connectivity index (χ0) is 26.3. The van der Waals surface area contributed by atoms with Gasteiger partial charge in [-0.1, -0.05) is 83.6 Å². The summed E-state index contributed by atoms with van der Waals surface area (Å²) in [6, 6.07) is 28.0. The summed E-state index contributed by atoms with van der Waals surface area (Å²) in [7, 11) is 0. The molecule has 0 saturated carbocycles. The van der Waals surface area contributed by atoms with Crippen molar-refractivity contribution in [3.05, 3.63) is 148 Å². The second-order valence-corrected chi connectivity index (χ2v) is 12.0. The van der Waals surface area contributed by atoms with Gasteiger partial charge in [0.25, 0.3) is 5.56 Å². The summed E-state index contributed by atoms with van der Waals surface area (Å²) in [5.41, 5.74) is 6.65. The molecule has 1 aliphatic heterocycles. The molecule has 0 fully saturated rings. The lowest BCUT2D eigenvalue weighted by atomic mass is 9.85. The molecule has 0 unspecified atom stereocenters. The Morgan fingerprint density at radius 3 is 2.62 bits per heavy atom. The molecule has 0 saturated heterocycles. The number of ether oxygens (including phenoxy) is 1. The maximum Gasteiger partial charge on any atom is 0.271 e. The number of thiazole rings is 1. The van der Waals surface area contributed by atoms with Gasteiger partial charge in [0.05, 0.1) is 16.3 Å². The Bertz CT molecular complexity index is 1900. The van der Waals surface area contributed by atoms with E-state index in [1.54, 1.807) is 11.3 Å². The highest BCUT2D eigenvalue weighted by atomic mass is 35.5. The molecule has 7 rings (SSSR count). The summed E-state index contributed by atoms with van der Waals surface area (Å²) >= 11 is 9.39. The summed E-state index contributed by atoms with van der Waals surface area (Å²) in [5, 5.41) is 2.77. The number of aromatic nitrogens is 1. The number of hydrogen-bond donors (Lipinski definition) is 0. The molecule has 7 heteroatoms. The minimum Gasteiger partial charge on any atom is -0.489 e. The Kier molecular flexibility index (Phi) is 6.31. The first kappa shape index (κ1) is 24.3. The van der Waals surface area contributed by atoms with Crippen LogP contribution in [0.25, 0.3) is 11.8 Å². The Hall–Kier alpha value is -3.71. The number of allylic oxidation sites excluding steroid dienone is 1. The predicted octanol–water partition coefficient (Wildman–Crippen LogP) is 6.61. The van der Waals surface area contributed by atoms with Crippen molar-refractivity contribution in [1.29, 1.82) is 0 Å². The lowest BCUT2D eigenvalue weighted by molar-refractivity contribution is 0.306. The first-order chi connectivity index (χ1) is 19.2. The van der Waals surface area contributed by atoms with Crippen LogP contribution in [0.15, 0.2) is 106 Å². The maximum atomic E-state index is 13.8. The molecule has 2 aromatic heterocycles. The summed E-state index contributed by atoms with van der Waals surface area (Å²) in [6.07, 6.45) is 3.81. The van der Waals surface area contributed by atoms with Crippen LogP contribution in [0.2, 0.25) is 5.02 Å². The van der Waals surface area contributed by atoms with Crippen LogP contribution in [0.1, 0.15) is 39.6 Å². The third-order valence-corrected chi connectivity index (χ3v) is 9.49. The normalized spacial score (nSPS) is 16.3. The third kappa shape index (κ3) is 4.48. The van der Waals surface area contributed by atoms with Crippen molar-refractivity contribution in [2.45, 2.75) is 25.5 Å². The molecule has 2 aliphatic rings. The summed E-state index contributed by atoms with van der Waals surface area (Å²) in [5.74, 6) is 0.748. The monoisotopic (exact) mass is 566 g/mol. The second-order valence-electron chi connectivity index (χ2n) is 9.58. The van der Waals surface area contributed by atoms with Crippen molar-refractivity contribution in [3.8, 4) is 5.75 Å². The van der Waals surface area contributed by atoms with E-state index in [0.29, 0.717) is 16.2 Å². The van der Waals surface area contributed by atoms with E-state index in [0.717, 1.165) is 40.2 Å². The fraction of sp³-hybridized carbons (Fsp3) is 0.125. The van der Waals surface area contributed by atoms with Crippen LogP contribution >= 0.6 is 34.3 Å². The number of rotatable bonds is 5. The molecule has 4 nitrogen and oxygen atoms in total. The molecule has 39 heavy (non-hydrogen) atoms. The molecule has 0 N–H and O–H groups in total. The molecule has 3 heterocycles. The van der Waals surface area contributed by atoms with E-state index in [1.165, 1.54) is 32.9 Å². The van der Waals surface area contributed by atoms with Crippen molar-refractivity contribution >= 4 is 46.0 Å². The molecule has 3 aromatic carbocycles. The fourth-order valence-electron chi connectivity index (χ4n) is 5.31. The van der Waals surface area contributed by atoms with E-state index in [9.17, 15) is 4.79 Å². The van der Waals surface area contributed by atoms with E-state index in [1.807, 2.05) is 59.2 Å². The van der Waals surface area contributed by atoms with E-state index in [-0.39, 0.29) is 11.6 Å². The predicted molar refractivity (Wildman–Crippen MR) is 159 cm³/mol. The van der Waals surface area contributed by atoms with Crippen LogP contribution in [0.4, 0.5) is 0 Å². The first-order valence-electron chi connectivity index (χ1n) is 12.8. The van der Waals surface area contributed by atoms with Crippen molar-refractivity contribution in [1.82, 2.24) is 4.57 Å². The molecular weight excluding hydrogens is 544 g/mol. The van der Waals surface area contributed by atoms with Crippen molar-refractivity contribution in [2.24, 2.45) is 4.99 Å². The lowest BCUT2D eigenvalue weighted by Gasteiger charge is -2.30. The topological polar surface area (TPSA) is 43.6 Å². The number of thiophene rings is 1. The first-order valence-corrected chi connectivity index (χ1v) is 14.9. The Morgan fingerprint density at radius 2 is 1.79 bits per heavy atom. The van der Waals surface area contributed by atoms with Crippen LogP contribution < -0.4 is 19.6 Å². The van der Waals surface area contributed by atoms with E-state index < -0.39 is 0 Å². The Labute approximate surface area is 238 Å². The number of benzene rings is 3. The third-order valence-electron chi connectivity index (χ3n) is 7.22. The van der Waals surface area contributed by atoms with Gasteiger partial charge in [0.1, 0.15) is 12.4 Å². The molecule has 0 radical (unpaired) electrons. The Balaban J connectivity index is 1.26. The number of hydrogen-bond acceptors (Lipinski definition) is 5. The van der Waals surface area contributed by atoms with Crippen molar-refractivity contribution in [3.63, 3.8) is 0 Å². The highest BCUT2D eigenvalue weighted by Gasteiger charge is 2.32. The van der Waals surface area contributed by atoms with Crippen LogP contribution in [0.5, 0.6) is 5.75 Å². The highest BCUT2D eigenvalue weighted by Crippen LogP contribution is 2.42. The molecular formula is C32H23ClN2O2S2. The van der Waals surface area contributed by atoms with Gasteiger partial charge in [0.2, 0.25) is 0 Å². The van der Waals surface area contributed by atoms with Gasteiger partial charge in [0.15, 0.2) is 4.80 Å². The van der Waals surface area contributed by atoms with Gasteiger partial charge in [0, 0.05) is 21.0 Å². The summed E-state index contributed by atoms with van der Waals surface area (Å²) in [6.45, 7) is 0.397. The van der Waals surface area contributed by atoms with Gasteiger partial charge in [-0.15, -0.1) is 11.3 Å². The van der Waals surface area contributed by atoms with Gasteiger partial charge in [-0.25, -0.2) is 4.99 Å². The number of halogens is 1. The van der Waals surface area contributed by atoms with Gasteiger partial charge in [-0.3, -0.25) is 9.36 Å². The smallest absolute Gasteiger partial charge is 0.271 e.